The average Bonchev–Trinajstić information content (AvgIpc) is 3.03. The quantitative estimate of drug-likeness (QED) is 0.435. The number of fused-ring (bicyclic) bond motifs is 1. The first-order chi connectivity index (χ1) is 12.5. The Morgan fingerprint density at radius 1 is 1.35 bits per heavy atom. The van der Waals surface area contributed by atoms with Gasteiger partial charge in [0.05, 0.1) is 12.5 Å². The molecule has 9 heteroatoms. The van der Waals surface area contributed by atoms with Crippen LogP contribution in [-0.2, 0) is 20.8 Å². The SMILES string of the molecule is O=C(CC[NH+]([O-])O)N[C@H]1CCN2C(=O)[C@H](Cc3ccccc3)NC(=O)[C@H]12. The number of piperazine rings is 1. The molecule has 2 aliphatic rings. The van der Waals surface area contributed by atoms with Crippen molar-refractivity contribution in [2.75, 3.05) is 13.1 Å². The fourth-order valence-corrected chi connectivity index (χ4v) is 3.52. The molecule has 0 aromatic heterocycles. The molecule has 0 saturated carbocycles. The molecule has 3 rings (SSSR count). The van der Waals surface area contributed by atoms with E-state index >= 15 is 0 Å². The molecule has 0 spiro atoms. The number of rotatable bonds is 6. The topological polar surface area (TPSA) is 126 Å². The summed E-state index contributed by atoms with van der Waals surface area (Å²) in [6.45, 7) is 0.128. The maximum atomic E-state index is 12.7. The van der Waals surface area contributed by atoms with Crippen LogP contribution >= 0.6 is 0 Å². The zero-order chi connectivity index (χ0) is 18.7. The smallest absolute Gasteiger partial charge is 0.246 e. The maximum Gasteiger partial charge on any atom is 0.246 e. The van der Waals surface area contributed by atoms with E-state index in [1.165, 1.54) is 4.90 Å². The highest BCUT2D eigenvalue weighted by Gasteiger charge is 2.48. The Hall–Kier alpha value is -2.49. The van der Waals surface area contributed by atoms with Gasteiger partial charge < -0.3 is 20.7 Å². The van der Waals surface area contributed by atoms with E-state index in [9.17, 15) is 19.6 Å². The van der Waals surface area contributed by atoms with Crippen LogP contribution in [0.5, 0.6) is 0 Å². The van der Waals surface area contributed by atoms with E-state index < -0.39 is 29.3 Å². The monoisotopic (exact) mass is 362 g/mol. The molecular formula is C17H22N4O5. The Kier molecular flexibility index (Phi) is 5.50. The lowest BCUT2D eigenvalue weighted by Gasteiger charge is -2.36. The van der Waals surface area contributed by atoms with Crippen LogP contribution in [0, 0.1) is 5.21 Å². The molecule has 2 fully saturated rings. The maximum absolute atomic E-state index is 12.7. The van der Waals surface area contributed by atoms with Crippen LogP contribution in [0.25, 0.3) is 0 Å². The van der Waals surface area contributed by atoms with Gasteiger partial charge in [-0.05, 0) is 12.0 Å². The number of carbonyl (C=O) groups is 3. The molecule has 2 heterocycles. The van der Waals surface area contributed by atoms with E-state index in [0.717, 1.165) is 5.56 Å². The van der Waals surface area contributed by atoms with Crippen molar-refractivity contribution in [2.24, 2.45) is 0 Å². The normalized spacial score (nSPS) is 26.2. The van der Waals surface area contributed by atoms with Gasteiger partial charge in [-0.1, -0.05) is 30.3 Å². The summed E-state index contributed by atoms with van der Waals surface area (Å²) in [6, 6.07) is 7.63. The van der Waals surface area contributed by atoms with Gasteiger partial charge in [0, 0.05) is 13.0 Å². The molecular weight excluding hydrogens is 340 g/mol. The molecule has 4 N–H and O–H groups in total. The van der Waals surface area contributed by atoms with Crippen LogP contribution < -0.4 is 15.9 Å². The van der Waals surface area contributed by atoms with Crippen molar-refractivity contribution in [3.8, 4) is 0 Å². The summed E-state index contributed by atoms with van der Waals surface area (Å²) in [6.07, 6.45) is 0.746. The van der Waals surface area contributed by atoms with Gasteiger partial charge in [-0.3, -0.25) is 14.4 Å². The van der Waals surface area contributed by atoms with Crippen molar-refractivity contribution in [1.29, 1.82) is 0 Å². The Bertz CT molecular complexity index is 681. The summed E-state index contributed by atoms with van der Waals surface area (Å²) in [5.41, 5.74) is 0.960. The minimum Gasteiger partial charge on any atom is -0.600 e. The first-order valence-electron chi connectivity index (χ1n) is 8.61. The van der Waals surface area contributed by atoms with Gasteiger partial charge in [-0.25, -0.2) is 10.4 Å². The van der Waals surface area contributed by atoms with Crippen LogP contribution in [0.15, 0.2) is 30.3 Å². The van der Waals surface area contributed by atoms with Crippen molar-refractivity contribution in [2.45, 2.75) is 37.4 Å². The van der Waals surface area contributed by atoms with Crippen molar-refractivity contribution in [3.63, 3.8) is 0 Å². The second-order valence-corrected chi connectivity index (χ2v) is 6.58. The van der Waals surface area contributed by atoms with E-state index in [4.69, 9.17) is 5.21 Å². The third kappa shape index (κ3) is 4.01. The Morgan fingerprint density at radius 2 is 2.08 bits per heavy atom. The van der Waals surface area contributed by atoms with Crippen molar-refractivity contribution in [3.05, 3.63) is 41.1 Å². The van der Waals surface area contributed by atoms with Gasteiger partial charge in [-0.15, -0.1) is 0 Å². The number of nitrogens with zero attached hydrogens (tertiary/aromatic N) is 1. The summed E-state index contributed by atoms with van der Waals surface area (Å²) in [7, 11) is 0. The fourth-order valence-electron chi connectivity index (χ4n) is 3.52. The predicted octanol–water partition coefficient (Wildman–Crippen LogP) is -2.02. The summed E-state index contributed by atoms with van der Waals surface area (Å²) < 4.78 is 0. The predicted molar refractivity (Wildman–Crippen MR) is 89.7 cm³/mol. The Morgan fingerprint density at radius 3 is 2.77 bits per heavy atom. The van der Waals surface area contributed by atoms with E-state index in [-0.39, 0.29) is 24.8 Å². The molecule has 9 nitrogen and oxygen atoms in total. The second-order valence-electron chi connectivity index (χ2n) is 6.58. The van der Waals surface area contributed by atoms with E-state index in [2.05, 4.69) is 10.6 Å². The van der Waals surface area contributed by atoms with E-state index in [1.807, 2.05) is 30.3 Å². The Balaban J connectivity index is 1.62. The zero-order valence-electron chi connectivity index (χ0n) is 14.2. The van der Waals surface area contributed by atoms with Gasteiger partial charge in [0.25, 0.3) is 0 Å². The molecule has 1 unspecified atom stereocenters. The van der Waals surface area contributed by atoms with Crippen LogP contribution in [0.1, 0.15) is 18.4 Å². The van der Waals surface area contributed by atoms with Crippen molar-refractivity contribution < 1.29 is 24.8 Å². The van der Waals surface area contributed by atoms with Crippen LogP contribution in [-0.4, -0.2) is 59.0 Å². The first kappa shape index (κ1) is 18.3. The molecule has 1 aromatic carbocycles. The van der Waals surface area contributed by atoms with Crippen LogP contribution in [0.4, 0.5) is 0 Å². The molecule has 3 amide bonds. The lowest BCUT2D eigenvalue weighted by Crippen LogP contribution is -3.04. The third-order valence-corrected chi connectivity index (χ3v) is 4.76. The van der Waals surface area contributed by atoms with E-state index in [0.29, 0.717) is 19.4 Å². The molecule has 140 valence electrons. The fraction of sp³-hybridized carbons (Fsp3) is 0.471. The number of quaternary nitrogens is 1. The molecule has 2 aliphatic heterocycles. The molecule has 0 radical (unpaired) electrons. The summed E-state index contributed by atoms with van der Waals surface area (Å²) in [5, 5.41) is 23.6. The number of benzene rings is 1. The molecule has 0 aliphatic carbocycles. The first-order valence-corrected chi connectivity index (χ1v) is 8.61. The lowest BCUT2D eigenvalue weighted by molar-refractivity contribution is -1.05. The highest BCUT2D eigenvalue weighted by Crippen LogP contribution is 2.24. The molecule has 4 atom stereocenters. The van der Waals surface area contributed by atoms with E-state index in [1.54, 1.807) is 0 Å². The van der Waals surface area contributed by atoms with Gasteiger partial charge in [0.2, 0.25) is 17.7 Å². The van der Waals surface area contributed by atoms with Gasteiger partial charge >= 0.3 is 0 Å². The standard InChI is InChI=1S/C17H22N4O5/c22-14(7-9-21(25)26)18-12-6-8-20-15(12)16(23)19-13(17(20)24)10-11-4-2-1-3-5-11/h1-5,12-13,15,21,25H,6-10H2,(H,18,22)(H,19,23)/t12-,13-,15-/m0/s1. The third-order valence-electron chi connectivity index (χ3n) is 4.76. The summed E-state index contributed by atoms with van der Waals surface area (Å²) >= 11 is 0. The number of nitrogens with one attached hydrogen (secondary N) is 3. The highest BCUT2D eigenvalue weighted by molar-refractivity contribution is 5.98. The second kappa shape index (κ2) is 7.81. The zero-order valence-corrected chi connectivity index (χ0v) is 14.2. The van der Waals surface area contributed by atoms with Crippen molar-refractivity contribution in [1.82, 2.24) is 15.5 Å². The number of carbonyl (C=O) groups excluding carboxylic acids is 3. The number of hydroxylamine groups is 2. The summed E-state index contributed by atoms with van der Waals surface area (Å²) in [4.78, 5) is 38.6. The van der Waals surface area contributed by atoms with Gasteiger partial charge in [0.1, 0.15) is 18.6 Å². The minimum atomic E-state index is -1.05. The average molecular weight is 362 g/mol. The van der Waals surface area contributed by atoms with Crippen molar-refractivity contribution >= 4 is 17.7 Å². The minimum absolute atomic E-state index is 0.148. The lowest BCUT2D eigenvalue weighted by atomic mass is 9.99. The molecule has 0 bridgehead atoms. The number of amides is 3. The number of hydrogen-bond acceptors (Lipinski definition) is 5. The van der Waals surface area contributed by atoms with Crippen LogP contribution in [0.2, 0.25) is 0 Å². The van der Waals surface area contributed by atoms with Crippen LogP contribution in [0.3, 0.4) is 0 Å². The highest BCUT2D eigenvalue weighted by atomic mass is 16.8. The molecule has 26 heavy (non-hydrogen) atoms. The number of hydrogen-bond donors (Lipinski definition) is 4. The molecule has 2 saturated heterocycles. The van der Waals surface area contributed by atoms with Gasteiger partial charge in [0.15, 0.2) is 0 Å². The Labute approximate surface area is 150 Å². The largest absolute Gasteiger partial charge is 0.600 e. The summed E-state index contributed by atoms with van der Waals surface area (Å²) in [5.74, 6) is -0.863. The van der Waals surface area contributed by atoms with Gasteiger partial charge in [-0.2, -0.15) is 0 Å². The molecule has 1 aromatic rings.